The van der Waals surface area contributed by atoms with E-state index >= 15 is 0 Å². The molecule has 2 amide bonds. The third-order valence-electron chi connectivity index (χ3n) is 5.46. The van der Waals surface area contributed by atoms with E-state index in [9.17, 15) is 9.59 Å². The molecule has 0 spiro atoms. The lowest BCUT2D eigenvalue weighted by molar-refractivity contribution is -0.128. The minimum atomic E-state index is -0.0783. The molecular weight excluding hydrogens is 364 g/mol. The highest BCUT2D eigenvalue weighted by Gasteiger charge is 2.31. The molecule has 0 aliphatic carbocycles. The van der Waals surface area contributed by atoms with Gasteiger partial charge < -0.3 is 9.80 Å². The minimum Gasteiger partial charge on any atom is -0.365 e. The zero-order valence-electron chi connectivity index (χ0n) is 16.8. The van der Waals surface area contributed by atoms with E-state index in [-0.39, 0.29) is 24.3 Å². The second-order valence-corrected chi connectivity index (χ2v) is 7.63. The number of hydrazine groups is 1. The molecule has 2 aromatic carbocycles. The Morgan fingerprint density at radius 2 is 1.79 bits per heavy atom. The van der Waals surface area contributed by atoms with Crippen molar-refractivity contribution in [1.29, 1.82) is 0 Å². The summed E-state index contributed by atoms with van der Waals surface area (Å²) in [4.78, 5) is 29.6. The Morgan fingerprint density at radius 1 is 1.03 bits per heavy atom. The summed E-state index contributed by atoms with van der Waals surface area (Å²) in [6.45, 7) is 6.31. The second kappa shape index (κ2) is 7.99. The van der Waals surface area contributed by atoms with Crippen molar-refractivity contribution in [2.24, 2.45) is 0 Å². The lowest BCUT2D eigenvalue weighted by atomic mass is 10.1. The topological polar surface area (TPSA) is 55.9 Å². The quantitative estimate of drug-likeness (QED) is 0.876. The number of rotatable bonds is 3. The van der Waals surface area contributed by atoms with Crippen molar-refractivity contribution >= 4 is 23.2 Å². The van der Waals surface area contributed by atoms with Gasteiger partial charge in [-0.1, -0.05) is 30.3 Å². The number of anilines is 2. The molecule has 2 aliphatic heterocycles. The Balaban J connectivity index is 1.44. The molecule has 1 saturated heterocycles. The zero-order valence-corrected chi connectivity index (χ0v) is 16.8. The van der Waals surface area contributed by atoms with Crippen LogP contribution in [0.4, 0.5) is 11.4 Å². The summed E-state index contributed by atoms with van der Waals surface area (Å²) in [7, 11) is 0. The molecule has 0 bridgehead atoms. The van der Waals surface area contributed by atoms with Crippen LogP contribution in [0.2, 0.25) is 0 Å². The van der Waals surface area contributed by atoms with E-state index in [4.69, 9.17) is 0 Å². The van der Waals surface area contributed by atoms with Crippen LogP contribution < -0.4 is 15.3 Å². The first-order chi connectivity index (χ1) is 14.0. The van der Waals surface area contributed by atoms with E-state index in [0.717, 1.165) is 12.2 Å². The number of carbonyl (C=O) groups excluding carboxylic acids is 2. The summed E-state index contributed by atoms with van der Waals surface area (Å²) in [5.74, 6) is -0.139. The van der Waals surface area contributed by atoms with Crippen LogP contribution in [0.3, 0.4) is 0 Å². The van der Waals surface area contributed by atoms with Crippen molar-refractivity contribution < 1.29 is 9.59 Å². The predicted octanol–water partition coefficient (Wildman–Crippen LogP) is 2.86. The fourth-order valence-corrected chi connectivity index (χ4v) is 3.93. The summed E-state index contributed by atoms with van der Waals surface area (Å²) in [5.41, 5.74) is 6.64. The molecule has 0 aromatic heterocycles. The van der Waals surface area contributed by atoms with Crippen LogP contribution in [0.5, 0.6) is 0 Å². The maximum absolute atomic E-state index is 13.1. The smallest absolute Gasteiger partial charge is 0.271 e. The Hall–Kier alpha value is -3.28. The summed E-state index contributed by atoms with van der Waals surface area (Å²) in [6.07, 6.45) is 1.91. The van der Waals surface area contributed by atoms with E-state index in [1.807, 2.05) is 35.2 Å². The Labute approximate surface area is 171 Å². The van der Waals surface area contributed by atoms with Gasteiger partial charge in [-0.2, -0.15) is 0 Å². The number of carbonyl (C=O) groups is 2. The van der Waals surface area contributed by atoms with Gasteiger partial charge in [0.05, 0.1) is 5.69 Å². The molecule has 2 aliphatic rings. The molecule has 1 atom stereocenters. The number of hydrogen-bond acceptors (Lipinski definition) is 4. The number of hydrogen-bond donors (Lipinski definition) is 1. The average molecular weight is 390 g/mol. The first-order valence-electron chi connectivity index (χ1n) is 10.0. The summed E-state index contributed by atoms with van der Waals surface area (Å²) >= 11 is 0. The molecule has 6 nitrogen and oxygen atoms in total. The summed E-state index contributed by atoms with van der Waals surface area (Å²) in [5, 5.41) is 1.46. The highest BCUT2D eigenvalue weighted by atomic mass is 16.2. The van der Waals surface area contributed by atoms with E-state index in [1.165, 1.54) is 16.3 Å². The number of nitrogens with one attached hydrogen (secondary N) is 1. The monoisotopic (exact) mass is 390 g/mol. The van der Waals surface area contributed by atoms with Crippen LogP contribution in [0.1, 0.15) is 18.9 Å². The first-order valence-corrected chi connectivity index (χ1v) is 10.0. The number of para-hydroxylation sites is 1. The molecule has 4 rings (SSSR count). The SMILES string of the molecule is Cc1cccc(N2CCN(C(=O)C3=CCC(=O)N(c4ccccc4)N3)C[C@H]2C)c1. The number of benzene rings is 2. The summed E-state index contributed by atoms with van der Waals surface area (Å²) in [6, 6.07) is 18.0. The third kappa shape index (κ3) is 3.97. The zero-order chi connectivity index (χ0) is 20.4. The maximum atomic E-state index is 13.1. The van der Waals surface area contributed by atoms with E-state index in [0.29, 0.717) is 18.8 Å². The van der Waals surface area contributed by atoms with Gasteiger partial charge in [0.15, 0.2) is 0 Å². The number of aryl methyl sites for hydroxylation is 1. The van der Waals surface area contributed by atoms with Gasteiger partial charge >= 0.3 is 0 Å². The Morgan fingerprint density at radius 3 is 2.52 bits per heavy atom. The molecule has 2 aromatic rings. The predicted molar refractivity (Wildman–Crippen MR) is 114 cm³/mol. The van der Waals surface area contributed by atoms with Crippen molar-refractivity contribution in [3.63, 3.8) is 0 Å². The van der Waals surface area contributed by atoms with Crippen LogP contribution in [-0.2, 0) is 9.59 Å². The molecular formula is C23H26N4O2. The largest absolute Gasteiger partial charge is 0.365 e. The Bertz CT molecular complexity index is 941. The molecule has 2 heterocycles. The summed E-state index contributed by atoms with van der Waals surface area (Å²) < 4.78 is 0. The van der Waals surface area contributed by atoms with Crippen molar-refractivity contribution in [2.45, 2.75) is 26.3 Å². The van der Waals surface area contributed by atoms with Gasteiger partial charge in [0.1, 0.15) is 5.70 Å². The molecule has 29 heavy (non-hydrogen) atoms. The molecule has 0 radical (unpaired) electrons. The van der Waals surface area contributed by atoms with Crippen molar-refractivity contribution in [3.05, 3.63) is 71.9 Å². The van der Waals surface area contributed by atoms with Gasteiger partial charge in [-0.3, -0.25) is 15.0 Å². The fraction of sp³-hybridized carbons (Fsp3) is 0.304. The highest BCUT2D eigenvalue weighted by Crippen LogP contribution is 2.23. The maximum Gasteiger partial charge on any atom is 0.271 e. The van der Waals surface area contributed by atoms with Crippen molar-refractivity contribution in [3.8, 4) is 0 Å². The molecule has 0 saturated carbocycles. The van der Waals surface area contributed by atoms with Gasteiger partial charge in [-0.25, -0.2) is 5.01 Å². The highest BCUT2D eigenvalue weighted by molar-refractivity contribution is 6.01. The van der Waals surface area contributed by atoms with E-state index in [2.05, 4.69) is 48.4 Å². The minimum absolute atomic E-state index is 0.0610. The molecule has 1 N–H and O–H groups in total. The molecule has 6 heteroatoms. The Kier molecular flexibility index (Phi) is 5.25. The third-order valence-corrected chi connectivity index (χ3v) is 5.46. The second-order valence-electron chi connectivity index (χ2n) is 7.63. The van der Waals surface area contributed by atoms with Gasteiger partial charge in [-0.05, 0) is 49.8 Å². The lowest BCUT2D eigenvalue weighted by Gasteiger charge is -2.42. The van der Waals surface area contributed by atoms with Crippen LogP contribution in [0.15, 0.2) is 66.4 Å². The number of piperazine rings is 1. The van der Waals surface area contributed by atoms with Gasteiger partial charge in [-0.15, -0.1) is 0 Å². The molecule has 0 unspecified atom stereocenters. The van der Waals surface area contributed by atoms with Crippen LogP contribution in [-0.4, -0.2) is 42.4 Å². The number of nitrogens with zero attached hydrogens (tertiary/aromatic N) is 3. The van der Waals surface area contributed by atoms with Crippen molar-refractivity contribution in [1.82, 2.24) is 10.3 Å². The van der Waals surface area contributed by atoms with Crippen LogP contribution in [0.25, 0.3) is 0 Å². The van der Waals surface area contributed by atoms with Crippen LogP contribution >= 0.6 is 0 Å². The van der Waals surface area contributed by atoms with E-state index < -0.39 is 0 Å². The van der Waals surface area contributed by atoms with E-state index in [1.54, 1.807) is 6.08 Å². The lowest BCUT2D eigenvalue weighted by Crippen LogP contribution is -2.56. The first kappa shape index (κ1) is 19.1. The standard InChI is InChI=1S/C23H26N4O2/c1-17-7-6-10-20(15-17)26-14-13-25(16-18(26)2)23(29)21-11-12-22(28)27(24-21)19-8-4-3-5-9-19/h3-11,15,18,24H,12-14,16H2,1-2H3/t18-/m1/s1. The molecule has 1 fully saturated rings. The van der Waals surface area contributed by atoms with Gasteiger partial charge in [0.25, 0.3) is 5.91 Å². The van der Waals surface area contributed by atoms with Crippen molar-refractivity contribution in [2.75, 3.05) is 29.5 Å². The van der Waals surface area contributed by atoms with Crippen LogP contribution in [0, 0.1) is 6.92 Å². The average Bonchev–Trinajstić information content (AvgIpc) is 2.74. The van der Waals surface area contributed by atoms with Gasteiger partial charge in [0.2, 0.25) is 5.91 Å². The normalized spacial score (nSPS) is 19.7. The molecule has 150 valence electrons. The van der Waals surface area contributed by atoms with Gasteiger partial charge in [0, 0.05) is 37.8 Å². The fourth-order valence-electron chi connectivity index (χ4n) is 3.93. The number of amides is 2.